The average Bonchev–Trinajstić information content (AvgIpc) is 3.44. The molecule has 2 amide bonds. The highest BCUT2D eigenvalue weighted by Crippen LogP contribution is 2.38. The number of fused-ring (bicyclic) bond motifs is 1. The van der Waals surface area contributed by atoms with E-state index in [1.54, 1.807) is 19.1 Å². The van der Waals surface area contributed by atoms with Gasteiger partial charge in [0.05, 0.1) is 29.5 Å². The Bertz CT molecular complexity index is 1910. The van der Waals surface area contributed by atoms with Crippen LogP contribution in [0.4, 0.5) is 5.00 Å². The number of amides is 2. The van der Waals surface area contributed by atoms with Crippen LogP contribution in [0.15, 0.2) is 71.8 Å². The van der Waals surface area contributed by atoms with Crippen molar-refractivity contribution in [2.24, 2.45) is 5.10 Å². The van der Waals surface area contributed by atoms with Gasteiger partial charge in [-0.2, -0.15) is 5.10 Å². The van der Waals surface area contributed by atoms with E-state index in [0.29, 0.717) is 16.5 Å². The number of hydrogen-bond acceptors (Lipinski definition) is 10. The highest BCUT2D eigenvalue weighted by molar-refractivity contribution is 7.17. The van der Waals surface area contributed by atoms with Gasteiger partial charge in [0.2, 0.25) is 0 Å². The third-order valence-electron chi connectivity index (χ3n) is 7.01. The zero-order valence-electron chi connectivity index (χ0n) is 25.3. The Morgan fingerprint density at radius 2 is 1.44 bits per heavy atom. The lowest BCUT2D eigenvalue weighted by molar-refractivity contribution is -0.136. The Hall–Kier alpha value is -5.04. The summed E-state index contributed by atoms with van der Waals surface area (Å²) < 4.78 is 16.2. The van der Waals surface area contributed by atoms with Gasteiger partial charge in [-0.15, -0.1) is 11.3 Å². The molecule has 2 N–H and O–H groups in total. The molecule has 14 heteroatoms. The number of ether oxygens (including phenoxy) is 3. The molecule has 0 radical (unpaired) electrons. The summed E-state index contributed by atoms with van der Waals surface area (Å²) >= 11 is 13.1. The van der Waals surface area contributed by atoms with Gasteiger partial charge in [-0.1, -0.05) is 23.2 Å². The molecule has 1 aliphatic rings. The van der Waals surface area contributed by atoms with Gasteiger partial charge in [-0.3, -0.25) is 9.59 Å². The minimum Gasteiger partial charge on any atom is -0.462 e. The van der Waals surface area contributed by atoms with E-state index >= 15 is 0 Å². The molecule has 0 bridgehead atoms. The molecule has 0 saturated heterocycles. The molecule has 0 unspecified atom stereocenters. The molecule has 4 aromatic rings. The second-order valence-corrected chi connectivity index (χ2v) is 12.3. The summed E-state index contributed by atoms with van der Waals surface area (Å²) in [6.45, 7) is 1.85. The van der Waals surface area contributed by atoms with Gasteiger partial charge < -0.3 is 19.5 Å². The van der Waals surface area contributed by atoms with Crippen molar-refractivity contribution in [1.29, 1.82) is 0 Å². The summed E-state index contributed by atoms with van der Waals surface area (Å²) in [5.41, 5.74) is 3.86. The van der Waals surface area contributed by atoms with E-state index < -0.39 is 29.7 Å². The number of nitrogens with one attached hydrogen (secondary N) is 2. The van der Waals surface area contributed by atoms with Crippen LogP contribution >= 0.6 is 34.5 Å². The Morgan fingerprint density at radius 3 is 2.08 bits per heavy atom. The predicted molar refractivity (Wildman–Crippen MR) is 181 cm³/mol. The minimum absolute atomic E-state index is 0.0467. The number of aryl methyl sites for hydroxylation is 1. The molecule has 5 rings (SSSR count). The van der Waals surface area contributed by atoms with E-state index in [-0.39, 0.29) is 45.4 Å². The van der Waals surface area contributed by atoms with Crippen LogP contribution in [0.2, 0.25) is 10.0 Å². The minimum atomic E-state index is -1.11. The van der Waals surface area contributed by atoms with Crippen LogP contribution in [0.1, 0.15) is 66.8 Å². The summed E-state index contributed by atoms with van der Waals surface area (Å²) in [4.78, 5) is 64.7. The normalized spacial score (nSPS) is 12.1. The number of anilines is 1. The number of hydrazone groups is 1. The van der Waals surface area contributed by atoms with E-state index in [4.69, 9.17) is 37.4 Å². The second kappa shape index (κ2) is 15.7. The van der Waals surface area contributed by atoms with Crippen molar-refractivity contribution in [2.45, 2.75) is 32.6 Å². The number of hydrogen-bond donors (Lipinski definition) is 2. The Balaban J connectivity index is 1.32. The van der Waals surface area contributed by atoms with Gasteiger partial charge in [0, 0.05) is 26.6 Å². The first-order valence-electron chi connectivity index (χ1n) is 14.7. The molecular formula is C34H27Cl2N3O8S. The zero-order valence-corrected chi connectivity index (χ0v) is 27.7. The summed E-state index contributed by atoms with van der Waals surface area (Å²) in [7, 11) is 0. The van der Waals surface area contributed by atoms with E-state index in [1.807, 2.05) is 0 Å². The van der Waals surface area contributed by atoms with Crippen LogP contribution in [0.25, 0.3) is 0 Å². The van der Waals surface area contributed by atoms with Crippen LogP contribution in [-0.2, 0) is 27.2 Å². The first-order chi connectivity index (χ1) is 23.1. The number of carbonyl (C=O) groups is 5. The van der Waals surface area contributed by atoms with E-state index in [2.05, 4.69) is 15.8 Å². The quantitative estimate of drug-likeness (QED) is 0.0647. The largest absolute Gasteiger partial charge is 0.462 e. The third kappa shape index (κ3) is 8.45. The maximum Gasteiger partial charge on any atom is 0.343 e. The molecule has 1 aliphatic carbocycles. The van der Waals surface area contributed by atoms with Crippen molar-refractivity contribution in [3.05, 3.63) is 109 Å². The maximum atomic E-state index is 12.9. The summed E-state index contributed by atoms with van der Waals surface area (Å²) in [5, 5.41) is 7.48. The van der Waals surface area contributed by atoms with Crippen molar-refractivity contribution in [3.8, 4) is 11.5 Å². The molecule has 0 fully saturated rings. The van der Waals surface area contributed by atoms with Crippen molar-refractivity contribution in [2.75, 3.05) is 11.9 Å². The fourth-order valence-corrected chi connectivity index (χ4v) is 6.24. The number of thiophene rings is 1. The molecular weight excluding hydrogens is 681 g/mol. The molecule has 0 atom stereocenters. The number of esters is 3. The Labute approximate surface area is 288 Å². The van der Waals surface area contributed by atoms with Crippen LogP contribution < -0.4 is 20.2 Å². The molecule has 48 heavy (non-hydrogen) atoms. The number of halogens is 2. The summed E-state index contributed by atoms with van der Waals surface area (Å²) in [6, 6.07) is 16.2. The lowest BCUT2D eigenvalue weighted by Crippen LogP contribution is -2.32. The highest BCUT2D eigenvalue weighted by Gasteiger charge is 2.28. The van der Waals surface area contributed by atoms with Gasteiger partial charge in [0.15, 0.2) is 0 Å². The van der Waals surface area contributed by atoms with E-state index in [1.165, 1.54) is 65.9 Å². The average molecular weight is 709 g/mol. The first kappa shape index (κ1) is 34.3. The van der Waals surface area contributed by atoms with E-state index in [9.17, 15) is 24.0 Å². The molecule has 1 heterocycles. The first-order valence-corrected chi connectivity index (χ1v) is 16.3. The summed E-state index contributed by atoms with van der Waals surface area (Å²) in [5.74, 6) is -4.17. The smallest absolute Gasteiger partial charge is 0.343 e. The monoisotopic (exact) mass is 707 g/mol. The molecule has 0 spiro atoms. The lowest BCUT2D eigenvalue weighted by Gasteiger charge is -2.12. The second-order valence-electron chi connectivity index (χ2n) is 10.3. The number of rotatable bonds is 9. The van der Waals surface area contributed by atoms with Crippen LogP contribution in [-0.4, -0.2) is 42.5 Å². The molecule has 0 aliphatic heterocycles. The Kier molecular flexibility index (Phi) is 11.2. The van der Waals surface area contributed by atoms with Crippen molar-refractivity contribution in [1.82, 2.24) is 5.43 Å². The zero-order chi connectivity index (χ0) is 34.2. The third-order valence-corrected chi connectivity index (χ3v) is 8.72. The van der Waals surface area contributed by atoms with Crippen LogP contribution in [0.5, 0.6) is 11.5 Å². The molecule has 3 aromatic carbocycles. The summed E-state index contributed by atoms with van der Waals surface area (Å²) in [6.07, 6.45) is 4.45. The fourth-order valence-electron chi connectivity index (χ4n) is 4.71. The van der Waals surface area contributed by atoms with Gasteiger partial charge >= 0.3 is 29.7 Å². The fraction of sp³-hybridized carbons (Fsp3) is 0.176. The van der Waals surface area contributed by atoms with Gasteiger partial charge in [0.25, 0.3) is 0 Å². The molecule has 1 aromatic heterocycles. The number of carbonyl (C=O) groups excluding carboxylic acids is 5. The van der Waals surface area contributed by atoms with Gasteiger partial charge in [-0.25, -0.2) is 19.8 Å². The molecule has 11 nitrogen and oxygen atoms in total. The van der Waals surface area contributed by atoms with Crippen molar-refractivity contribution < 1.29 is 38.2 Å². The standard InChI is InChI=1S/C34H27Cl2N3O8S/c1-2-45-34(44)28-25-5-3-4-6-27(25)48-31(28)38-29(40)30(41)39-37-18-21-11-16-24(46-32(42)19-7-12-22(35)13-8-19)17-26(21)47-33(43)20-9-14-23(36)15-10-20/h7-18H,2-6H2,1H3,(H,38,40)(H,39,41)/b37-18+. The topological polar surface area (TPSA) is 149 Å². The van der Waals surface area contributed by atoms with Crippen LogP contribution in [0, 0.1) is 0 Å². The maximum absolute atomic E-state index is 12.9. The van der Waals surface area contributed by atoms with E-state index in [0.717, 1.165) is 35.9 Å². The van der Waals surface area contributed by atoms with Gasteiger partial charge in [0.1, 0.15) is 16.5 Å². The SMILES string of the molecule is CCOC(=O)c1c(NC(=O)C(=O)N/N=C/c2ccc(OC(=O)c3ccc(Cl)cc3)cc2OC(=O)c2ccc(Cl)cc2)sc2c1CCCC2. The van der Waals surface area contributed by atoms with Crippen molar-refractivity contribution in [3.63, 3.8) is 0 Å². The highest BCUT2D eigenvalue weighted by atomic mass is 35.5. The molecule has 0 saturated carbocycles. The lowest BCUT2D eigenvalue weighted by atomic mass is 9.95. The van der Waals surface area contributed by atoms with Crippen molar-refractivity contribution >= 4 is 75.5 Å². The molecule has 246 valence electrons. The Morgan fingerprint density at radius 1 is 0.812 bits per heavy atom. The predicted octanol–water partition coefficient (Wildman–Crippen LogP) is 6.64. The van der Waals surface area contributed by atoms with Gasteiger partial charge in [-0.05, 0) is 98.8 Å². The number of nitrogens with zero attached hydrogens (tertiary/aromatic N) is 1. The van der Waals surface area contributed by atoms with Crippen LogP contribution in [0.3, 0.4) is 0 Å². The number of benzene rings is 3.